The lowest BCUT2D eigenvalue weighted by Crippen LogP contribution is -2.29. The zero-order valence-corrected chi connectivity index (χ0v) is 18.3. The molecule has 0 spiro atoms. The molecule has 1 aromatic carbocycles. The van der Waals surface area contributed by atoms with Gasteiger partial charge in [-0.2, -0.15) is 0 Å². The molecule has 1 aliphatic rings. The monoisotopic (exact) mass is 458 g/mol. The third-order valence-corrected chi connectivity index (χ3v) is 6.85. The van der Waals surface area contributed by atoms with E-state index >= 15 is 0 Å². The number of hydrogen-bond donors (Lipinski definition) is 1. The van der Waals surface area contributed by atoms with Crippen molar-refractivity contribution in [3.05, 3.63) is 46.5 Å². The van der Waals surface area contributed by atoms with Gasteiger partial charge in [0.1, 0.15) is 15.8 Å². The maximum atomic E-state index is 12.7. The maximum Gasteiger partial charge on any atom is 0.303 e. The predicted octanol–water partition coefficient (Wildman–Crippen LogP) is 5.40. The number of thioether (sulfide) groups is 1. The minimum Gasteiger partial charge on any atom is -0.481 e. The molecule has 9 heteroatoms. The van der Waals surface area contributed by atoms with Crippen molar-refractivity contribution in [2.24, 2.45) is 0 Å². The number of thiocarbonyl (C=S) groups is 1. The topological polar surface area (TPSA) is 83.6 Å². The maximum absolute atomic E-state index is 12.7. The molecule has 0 atom stereocenters. The van der Waals surface area contributed by atoms with Gasteiger partial charge < -0.3 is 9.52 Å². The highest BCUT2D eigenvalue weighted by molar-refractivity contribution is 8.26. The number of carbonyl (C=O) groups excluding carboxylic acids is 1. The molecule has 0 aliphatic carbocycles. The number of carboxylic acid groups (broad SMARTS) is 1. The Morgan fingerprint density at radius 3 is 2.93 bits per heavy atom. The van der Waals surface area contributed by atoms with Gasteiger partial charge in [-0.15, -0.1) is 11.3 Å². The number of aromatic nitrogens is 1. The van der Waals surface area contributed by atoms with Crippen LogP contribution in [0.3, 0.4) is 0 Å². The first-order valence-corrected chi connectivity index (χ1v) is 11.5. The van der Waals surface area contributed by atoms with E-state index in [1.54, 1.807) is 22.3 Å². The molecule has 3 heterocycles. The molecule has 1 aliphatic heterocycles. The summed E-state index contributed by atoms with van der Waals surface area (Å²) in [6, 6.07) is 9.71. The fraction of sp³-hybridized carbons (Fsp3) is 0.238. The predicted molar refractivity (Wildman–Crippen MR) is 123 cm³/mol. The van der Waals surface area contributed by atoms with Crippen LogP contribution in [0.5, 0.6) is 0 Å². The molecular formula is C21H18N2O4S3. The number of nitrogens with zero attached hydrogens (tertiary/aromatic N) is 2. The van der Waals surface area contributed by atoms with Crippen LogP contribution in [0.1, 0.15) is 31.4 Å². The zero-order valence-electron chi connectivity index (χ0n) is 15.9. The van der Waals surface area contributed by atoms with E-state index < -0.39 is 5.97 Å². The Morgan fingerprint density at radius 2 is 2.10 bits per heavy atom. The number of furan rings is 1. The standard InChI is InChI=1S/C21H18N2O4S3/c24-19(25)4-2-1-3-9-23-20(26)18(30-21(23)28)11-14-6-7-16(27-14)13-5-8-17-15(10-13)22-12-29-17/h5-8,10-12H,1-4,9H2,(H,24,25). The summed E-state index contributed by atoms with van der Waals surface area (Å²) < 4.78 is 7.57. The average Bonchev–Trinajstić information content (AvgIpc) is 3.43. The highest BCUT2D eigenvalue weighted by atomic mass is 32.2. The van der Waals surface area contributed by atoms with Gasteiger partial charge in [0.15, 0.2) is 0 Å². The summed E-state index contributed by atoms with van der Waals surface area (Å²) in [5.41, 5.74) is 3.68. The SMILES string of the molecule is O=C(O)CCCCCN1C(=O)C(=Cc2ccc(-c3ccc4scnc4c3)o2)SC1=S. The molecule has 1 N–H and O–H groups in total. The Hall–Kier alpha value is -2.49. The van der Waals surface area contributed by atoms with Crippen LogP contribution in [0, 0.1) is 0 Å². The van der Waals surface area contributed by atoms with Gasteiger partial charge in [-0.25, -0.2) is 4.98 Å². The molecule has 1 amide bonds. The van der Waals surface area contributed by atoms with Crippen molar-refractivity contribution in [3.8, 4) is 11.3 Å². The van der Waals surface area contributed by atoms with Crippen molar-refractivity contribution in [2.45, 2.75) is 25.7 Å². The van der Waals surface area contributed by atoms with E-state index in [-0.39, 0.29) is 12.3 Å². The van der Waals surface area contributed by atoms with Gasteiger partial charge in [-0.1, -0.05) is 30.4 Å². The van der Waals surface area contributed by atoms with Crippen LogP contribution in [0.15, 0.2) is 45.2 Å². The second-order valence-corrected chi connectivity index (χ2v) is 9.34. The summed E-state index contributed by atoms with van der Waals surface area (Å²) in [6.07, 6.45) is 3.93. The first-order valence-electron chi connectivity index (χ1n) is 9.42. The molecule has 6 nitrogen and oxygen atoms in total. The van der Waals surface area contributed by atoms with Gasteiger partial charge in [0.05, 0.1) is 20.6 Å². The molecule has 4 rings (SSSR count). The molecule has 1 fully saturated rings. The molecule has 30 heavy (non-hydrogen) atoms. The second kappa shape index (κ2) is 9.11. The zero-order chi connectivity index (χ0) is 21.1. The number of benzene rings is 1. The number of carbonyl (C=O) groups is 2. The number of amides is 1. The quantitative estimate of drug-likeness (QED) is 0.275. The van der Waals surface area contributed by atoms with Crippen molar-refractivity contribution in [1.82, 2.24) is 9.88 Å². The Balaban J connectivity index is 1.41. The largest absolute Gasteiger partial charge is 0.481 e. The first-order chi connectivity index (χ1) is 14.5. The first kappa shape index (κ1) is 20.8. The number of carboxylic acids is 1. The van der Waals surface area contributed by atoms with E-state index in [0.717, 1.165) is 28.6 Å². The smallest absolute Gasteiger partial charge is 0.303 e. The molecule has 3 aromatic rings. The lowest BCUT2D eigenvalue weighted by atomic mass is 10.1. The summed E-state index contributed by atoms with van der Waals surface area (Å²) in [7, 11) is 0. The van der Waals surface area contributed by atoms with Crippen molar-refractivity contribution < 1.29 is 19.1 Å². The summed E-state index contributed by atoms with van der Waals surface area (Å²) in [6.45, 7) is 0.499. The van der Waals surface area contributed by atoms with E-state index in [0.29, 0.717) is 33.7 Å². The Kier molecular flexibility index (Phi) is 6.31. The highest BCUT2D eigenvalue weighted by Crippen LogP contribution is 2.34. The number of thiazole rings is 1. The van der Waals surface area contributed by atoms with Gasteiger partial charge in [-0.3, -0.25) is 14.5 Å². The summed E-state index contributed by atoms with van der Waals surface area (Å²) >= 11 is 8.20. The van der Waals surface area contributed by atoms with Crippen molar-refractivity contribution in [2.75, 3.05) is 6.54 Å². The van der Waals surface area contributed by atoms with Crippen LogP contribution < -0.4 is 0 Å². The summed E-state index contributed by atoms with van der Waals surface area (Å²) in [5.74, 6) is 0.369. The lowest BCUT2D eigenvalue weighted by Gasteiger charge is -2.13. The Morgan fingerprint density at radius 1 is 1.23 bits per heavy atom. The lowest BCUT2D eigenvalue weighted by molar-refractivity contribution is -0.137. The number of hydrogen-bond acceptors (Lipinski definition) is 7. The van der Waals surface area contributed by atoms with Crippen LogP contribution in [-0.4, -0.2) is 37.7 Å². The van der Waals surface area contributed by atoms with Crippen molar-refractivity contribution in [1.29, 1.82) is 0 Å². The molecule has 0 radical (unpaired) electrons. The molecule has 0 bridgehead atoms. The number of fused-ring (bicyclic) bond motifs is 1. The second-order valence-electron chi connectivity index (χ2n) is 6.77. The van der Waals surface area contributed by atoms with Crippen LogP contribution in [0.4, 0.5) is 0 Å². The molecular weight excluding hydrogens is 440 g/mol. The third-order valence-electron chi connectivity index (χ3n) is 4.66. The molecule has 0 saturated carbocycles. The van der Waals surface area contributed by atoms with Gasteiger partial charge in [0.25, 0.3) is 5.91 Å². The summed E-state index contributed by atoms with van der Waals surface area (Å²) in [4.78, 5) is 29.7. The third kappa shape index (κ3) is 4.63. The fourth-order valence-corrected chi connectivity index (χ4v) is 5.09. The van der Waals surface area contributed by atoms with Gasteiger partial charge >= 0.3 is 5.97 Å². The van der Waals surface area contributed by atoms with E-state index in [9.17, 15) is 9.59 Å². The van der Waals surface area contributed by atoms with Crippen LogP contribution in [0.25, 0.3) is 27.6 Å². The van der Waals surface area contributed by atoms with E-state index in [4.69, 9.17) is 21.7 Å². The number of aliphatic carboxylic acids is 1. The number of rotatable bonds is 8. The van der Waals surface area contributed by atoms with Gasteiger partial charge in [0.2, 0.25) is 0 Å². The van der Waals surface area contributed by atoms with Crippen LogP contribution in [0.2, 0.25) is 0 Å². The van der Waals surface area contributed by atoms with E-state index in [2.05, 4.69) is 4.98 Å². The number of unbranched alkanes of at least 4 members (excludes halogenated alkanes) is 2. The Labute approximate surface area is 186 Å². The molecule has 1 saturated heterocycles. The Bertz CT molecular complexity index is 1150. The highest BCUT2D eigenvalue weighted by Gasteiger charge is 2.31. The summed E-state index contributed by atoms with van der Waals surface area (Å²) in [5, 5.41) is 8.69. The van der Waals surface area contributed by atoms with Gasteiger partial charge in [0, 0.05) is 24.6 Å². The minimum absolute atomic E-state index is 0.134. The van der Waals surface area contributed by atoms with E-state index in [1.165, 1.54) is 11.8 Å². The van der Waals surface area contributed by atoms with Crippen molar-refractivity contribution in [3.63, 3.8) is 0 Å². The molecule has 0 unspecified atom stereocenters. The average molecular weight is 459 g/mol. The van der Waals surface area contributed by atoms with Crippen LogP contribution in [-0.2, 0) is 9.59 Å². The fourth-order valence-electron chi connectivity index (χ4n) is 3.14. The van der Waals surface area contributed by atoms with Crippen molar-refractivity contribution >= 4 is 67.8 Å². The normalized spacial score (nSPS) is 15.6. The van der Waals surface area contributed by atoms with E-state index in [1.807, 2.05) is 35.8 Å². The van der Waals surface area contributed by atoms with Gasteiger partial charge in [-0.05, 0) is 43.2 Å². The molecule has 154 valence electrons. The van der Waals surface area contributed by atoms with Crippen LogP contribution >= 0.6 is 35.3 Å². The molecule has 2 aromatic heterocycles. The minimum atomic E-state index is -0.798.